The van der Waals surface area contributed by atoms with Crippen LogP contribution in [0.2, 0.25) is 0 Å². The first kappa shape index (κ1) is 7.53. The van der Waals surface area contributed by atoms with Crippen molar-refractivity contribution in [3.05, 3.63) is 12.7 Å². The highest BCUT2D eigenvalue weighted by molar-refractivity contribution is 7.40. The van der Waals surface area contributed by atoms with Gasteiger partial charge in [0.25, 0.3) is 0 Å². The monoisotopic (exact) mass is 138 g/mol. The summed E-state index contributed by atoms with van der Waals surface area (Å²) in [6.45, 7) is 2.97. The average molecular weight is 138 g/mol. The summed E-state index contributed by atoms with van der Waals surface area (Å²) in [4.78, 5) is 17.7. The third-order valence-corrected chi connectivity index (χ3v) is 0.663. The van der Waals surface area contributed by atoms with Gasteiger partial charge in [-0.15, -0.1) is 4.20 Å². The van der Waals surface area contributed by atoms with E-state index in [-0.39, 0.29) is 0 Å². The predicted molar refractivity (Wildman–Crippen MR) is 26.5 cm³/mol. The van der Waals surface area contributed by atoms with Gasteiger partial charge in [-0.2, -0.15) is 0 Å². The fourth-order valence-corrected chi connectivity index (χ4v) is 0.335. The summed E-state index contributed by atoms with van der Waals surface area (Å²) in [5, 5.41) is 0. The van der Waals surface area contributed by atoms with Gasteiger partial charge in [-0.25, -0.2) is 4.79 Å². The van der Waals surface area contributed by atoms with Crippen LogP contribution in [0.3, 0.4) is 0 Å². The third kappa shape index (κ3) is 3.71. The molecule has 8 heavy (non-hydrogen) atoms. The Labute approximate surface area is 46.8 Å². The SMILES string of the molecule is C=CC(=O)OP(O)F. The Morgan fingerprint density at radius 3 is 2.62 bits per heavy atom. The van der Waals surface area contributed by atoms with Gasteiger partial charge in [0.05, 0.1) is 0 Å². The minimum Gasteiger partial charge on any atom is -0.388 e. The molecule has 1 N–H and O–H groups in total. The van der Waals surface area contributed by atoms with Gasteiger partial charge in [-0.05, 0) is 0 Å². The van der Waals surface area contributed by atoms with Crippen molar-refractivity contribution in [1.82, 2.24) is 0 Å². The van der Waals surface area contributed by atoms with Crippen LogP contribution in [0.5, 0.6) is 0 Å². The highest BCUT2D eigenvalue weighted by Gasteiger charge is 2.05. The second kappa shape index (κ2) is 3.52. The molecule has 0 bridgehead atoms. The van der Waals surface area contributed by atoms with E-state index < -0.39 is 14.7 Å². The van der Waals surface area contributed by atoms with Gasteiger partial charge in [0.2, 0.25) is 0 Å². The van der Waals surface area contributed by atoms with Crippen LogP contribution >= 0.6 is 8.69 Å². The van der Waals surface area contributed by atoms with E-state index in [1.54, 1.807) is 0 Å². The smallest absolute Gasteiger partial charge is 0.388 e. The molecular formula is C3H4FO3P. The topological polar surface area (TPSA) is 46.5 Å². The molecule has 1 atom stereocenters. The van der Waals surface area contributed by atoms with Gasteiger partial charge in [0.15, 0.2) is 0 Å². The summed E-state index contributed by atoms with van der Waals surface area (Å²) in [5.41, 5.74) is 0. The van der Waals surface area contributed by atoms with Crippen molar-refractivity contribution < 1.29 is 18.4 Å². The molecule has 0 spiro atoms. The van der Waals surface area contributed by atoms with E-state index in [2.05, 4.69) is 11.1 Å². The Balaban J connectivity index is 3.39. The lowest BCUT2D eigenvalue weighted by Gasteiger charge is -1.94. The Bertz CT molecular complexity index is 103. The van der Waals surface area contributed by atoms with Gasteiger partial charge < -0.3 is 9.42 Å². The van der Waals surface area contributed by atoms with Gasteiger partial charge in [0.1, 0.15) is 0 Å². The van der Waals surface area contributed by atoms with E-state index >= 15 is 0 Å². The predicted octanol–water partition coefficient (Wildman–Crippen LogP) is 0.904. The molecule has 0 amide bonds. The Hall–Kier alpha value is -0.470. The Morgan fingerprint density at radius 2 is 2.50 bits per heavy atom. The summed E-state index contributed by atoms with van der Waals surface area (Å²) < 4.78 is 14.9. The van der Waals surface area contributed by atoms with Crippen LogP contribution in [0.4, 0.5) is 4.20 Å². The van der Waals surface area contributed by atoms with Gasteiger partial charge >= 0.3 is 14.7 Å². The van der Waals surface area contributed by atoms with Crippen LogP contribution in [0.15, 0.2) is 12.7 Å². The molecule has 0 aliphatic rings. The van der Waals surface area contributed by atoms with Gasteiger partial charge in [0, 0.05) is 6.08 Å². The van der Waals surface area contributed by atoms with E-state index in [9.17, 15) is 8.99 Å². The van der Waals surface area contributed by atoms with Gasteiger partial charge in [-0.3, -0.25) is 0 Å². The molecule has 0 aliphatic heterocycles. The lowest BCUT2D eigenvalue weighted by molar-refractivity contribution is -0.129. The first-order valence-corrected chi connectivity index (χ1v) is 2.76. The lowest BCUT2D eigenvalue weighted by Crippen LogP contribution is -1.91. The zero-order valence-corrected chi connectivity index (χ0v) is 4.77. The van der Waals surface area contributed by atoms with Crippen LogP contribution < -0.4 is 0 Å². The molecule has 5 heteroatoms. The van der Waals surface area contributed by atoms with E-state index in [4.69, 9.17) is 4.89 Å². The zero-order chi connectivity index (χ0) is 6.57. The van der Waals surface area contributed by atoms with Crippen molar-refractivity contribution in [3.8, 4) is 0 Å². The van der Waals surface area contributed by atoms with E-state index in [1.165, 1.54) is 0 Å². The second-order valence-electron chi connectivity index (χ2n) is 0.841. The van der Waals surface area contributed by atoms with Crippen molar-refractivity contribution in [3.63, 3.8) is 0 Å². The first-order valence-electron chi connectivity index (χ1n) is 1.66. The molecule has 0 radical (unpaired) electrons. The summed E-state index contributed by atoms with van der Waals surface area (Å²) in [6.07, 6.45) is 0.769. The average Bonchev–Trinajstić information content (AvgIpc) is 1.65. The minimum atomic E-state index is -3.07. The van der Waals surface area contributed by atoms with Crippen molar-refractivity contribution >= 4 is 14.7 Å². The summed E-state index contributed by atoms with van der Waals surface area (Å²) in [6, 6.07) is 0. The quantitative estimate of drug-likeness (QED) is 0.455. The highest BCUT2D eigenvalue weighted by Crippen LogP contribution is 2.32. The van der Waals surface area contributed by atoms with E-state index in [0.29, 0.717) is 0 Å². The number of carbonyl (C=O) groups excluding carboxylic acids is 1. The number of carbonyl (C=O) groups is 1. The molecule has 0 heterocycles. The molecule has 1 unspecified atom stereocenters. The van der Waals surface area contributed by atoms with E-state index in [1.807, 2.05) is 0 Å². The largest absolute Gasteiger partial charge is 0.438 e. The zero-order valence-electron chi connectivity index (χ0n) is 3.87. The molecule has 0 aromatic carbocycles. The molecule has 0 fully saturated rings. The molecule has 3 nitrogen and oxygen atoms in total. The lowest BCUT2D eigenvalue weighted by atomic mass is 10.7. The van der Waals surface area contributed by atoms with Crippen LogP contribution in [0.1, 0.15) is 0 Å². The molecule has 0 rings (SSSR count). The summed E-state index contributed by atoms with van der Waals surface area (Å²) in [7, 11) is -3.07. The number of rotatable bonds is 2. The first-order chi connectivity index (χ1) is 3.66. The van der Waals surface area contributed by atoms with Crippen LogP contribution in [-0.2, 0) is 9.32 Å². The number of halogens is 1. The standard InChI is InChI=1S/C3H4FO3P/c1-2-3(5)7-8(4)6/h2,6H,1H2. The Kier molecular flexibility index (Phi) is 3.31. The molecule has 0 aromatic heterocycles. The van der Waals surface area contributed by atoms with Crippen molar-refractivity contribution in [2.24, 2.45) is 0 Å². The van der Waals surface area contributed by atoms with Crippen molar-refractivity contribution in [2.45, 2.75) is 0 Å². The highest BCUT2D eigenvalue weighted by atomic mass is 31.2. The molecule has 0 aromatic rings. The maximum absolute atomic E-state index is 11.3. The molecular weight excluding hydrogens is 134 g/mol. The molecule has 0 saturated heterocycles. The van der Waals surface area contributed by atoms with Gasteiger partial charge in [-0.1, -0.05) is 6.58 Å². The van der Waals surface area contributed by atoms with Crippen LogP contribution in [0.25, 0.3) is 0 Å². The molecule has 46 valence electrons. The van der Waals surface area contributed by atoms with Crippen LogP contribution in [0, 0.1) is 0 Å². The molecule has 0 aliphatic carbocycles. The van der Waals surface area contributed by atoms with Crippen molar-refractivity contribution in [2.75, 3.05) is 0 Å². The number of hydrogen-bond acceptors (Lipinski definition) is 3. The Morgan fingerprint density at radius 1 is 2.00 bits per heavy atom. The normalized spacial score (nSPS) is 12.2. The maximum atomic E-state index is 11.3. The molecule has 0 saturated carbocycles. The maximum Gasteiger partial charge on any atom is 0.438 e. The fourth-order valence-electron chi connectivity index (χ4n) is 0.112. The third-order valence-electron chi connectivity index (χ3n) is 0.332. The number of hydrogen-bond donors (Lipinski definition) is 1. The summed E-state index contributed by atoms with van der Waals surface area (Å²) in [5.74, 6) is -0.957. The fraction of sp³-hybridized carbons (Fsp3) is 0. The summed E-state index contributed by atoms with van der Waals surface area (Å²) >= 11 is 0. The van der Waals surface area contributed by atoms with Crippen molar-refractivity contribution in [1.29, 1.82) is 0 Å². The minimum absolute atomic E-state index is 0.769. The second-order valence-corrected chi connectivity index (χ2v) is 1.48. The van der Waals surface area contributed by atoms with Crippen LogP contribution in [-0.4, -0.2) is 10.9 Å². The van der Waals surface area contributed by atoms with E-state index in [0.717, 1.165) is 6.08 Å².